The summed E-state index contributed by atoms with van der Waals surface area (Å²) in [5, 5.41) is 20.2. The lowest BCUT2D eigenvalue weighted by atomic mass is 10.2. The molecule has 2 aromatic heterocycles. The van der Waals surface area contributed by atoms with Gasteiger partial charge in [0.1, 0.15) is 22.2 Å². The number of phenolic OH excluding ortho intramolecular Hbond substituents is 1. The number of nitrogens with one attached hydrogen (secondary N) is 1. The van der Waals surface area contributed by atoms with Crippen molar-refractivity contribution in [2.24, 2.45) is 0 Å². The van der Waals surface area contributed by atoms with Crippen molar-refractivity contribution >= 4 is 22.4 Å². The van der Waals surface area contributed by atoms with Crippen LogP contribution < -0.4 is 0 Å². The number of nitrogens with zero attached hydrogens (tertiary/aromatic N) is 3. The van der Waals surface area contributed by atoms with E-state index in [2.05, 4.69) is 20.2 Å². The summed E-state index contributed by atoms with van der Waals surface area (Å²) in [7, 11) is 0. The normalized spacial score (nSPS) is 11.2. The van der Waals surface area contributed by atoms with E-state index in [0.717, 1.165) is 21.9 Å². The van der Waals surface area contributed by atoms with Crippen molar-refractivity contribution in [1.29, 1.82) is 0 Å². The van der Waals surface area contributed by atoms with Crippen molar-refractivity contribution in [2.45, 2.75) is 13.3 Å². The molecule has 0 fully saturated rings. The first-order valence-electron chi connectivity index (χ1n) is 7.35. The molecule has 0 atom stereocenters. The lowest BCUT2D eigenvalue weighted by Gasteiger charge is -2.00. The van der Waals surface area contributed by atoms with Gasteiger partial charge >= 0.3 is 0 Å². The summed E-state index contributed by atoms with van der Waals surface area (Å²) in [5.41, 5.74) is 2.88. The SMILES string of the molecule is Cc1nc2c(O)c(-c3nnc(Cc4ccc(F)cc4)s3)ccc2[nH]1. The molecule has 120 valence electrons. The zero-order valence-corrected chi connectivity index (χ0v) is 13.6. The number of benzene rings is 2. The standard InChI is InChI=1S/C17H13FN4OS/c1-9-19-13-7-6-12(16(23)15(13)20-9)17-22-21-14(24-17)8-10-2-4-11(18)5-3-10/h2-7,23H,8H2,1H3,(H,19,20). The van der Waals surface area contributed by atoms with Crippen molar-refractivity contribution in [3.8, 4) is 16.3 Å². The van der Waals surface area contributed by atoms with Gasteiger partial charge in [-0.25, -0.2) is 9.37 Å². The molecule has 0 aliphatic heterocycles. The average molecular weight is 340 g/mol. The highest BCUT2D eigenvalue weighted by molar-refractivity contribution is 7.14. The molecule has 0 bridgehead atoms. The molecule has 4 aromatic rings. The summed E-state index contributed by atoms with van der Waals surface area (Å²) < 4.78 is 13.0. The minimum atomic E-state index is -0.260. The molecule has 0 saturated heterocycles. The predicted molar refractivity (Wildman–Crippen MR) is 90.6 cm³/mol. The van der Waals surface area contributed by atoms with Crippen LogP contribution in [0.2, 0.25) is 0 Å². The number of fused-ring (bicyclic) bond motifs is 1. The van der Waals surface area contributed by atoms with E-state index in [1.165, 1.54) is 23.5 Å². The van der Waals surface area contributed by atoms with Gasteiger partial charge in [-0.1, -0.05) is 23.5 Å². The number of aromatic hydroxyl groups is 1. The molecule has 0 aliphatic rings. The van der Waals surface area contributed by atoms with Crippen molar-refractivity contribution in [3.63, 3.8) is 0 Å². The third kappa shape index (κ3) is 2.63. The minimum absolute atomic E-state index is 0.0985. The second-order valence-corrected chi connectivity index (χ2v) is 6.55. The summed E-state index contributed by atoms with van der Waals surface area (Å²) in [4.78, 5) is 7.38. The number of aromatic amines is 1. The number of aromatic nitrogens is 4. The summed E-state index contributed by atoms with van der Waals surface area (Å²) in [6, 6.07) is 9.98. The van der Waals surface area contributed by atoms with Crippen LogP contribution in [0.4, 0.5) is 4.39 Å². The number of hydrogen-bond acceptors (Lipinski definition) is 5. The summed E-state index contributed by atoms with van der Waals surface area (Å²) in [6.45, 7) is 1.84. The van der Waals surface area contributed by atoms with Crippen LogP contribution in [0.5, 0.6) is 5.75 Å². The largest absolute Gasteiger partial charge is 0.505 e. The molecule has 24 heavy (non-hydrogen) atoms. The van der Waals surface area contributed by atoms with E-state index in [0.29, 0.717) is 22.5 Å². The van der Waals surface area contributed by atoms with Gasteiger partial charge in [-0.05, 0) is 36.8 Å². The Morgan fingerprint density at radius 3 is 2.71 bits per heavy atom. The topological polar surface area (TPSA) is 74.7 Å². The summed E-state index contributed by atoms with van der Waals surface area (Å²) in [5.74, 6) is 0.581. The monoisotopic (exact) mass is 340 g/mol. The molecule has 0 radical (unpaired) electrons. The van der Waals surface area contributed by atoms with Gasteiger partial charge in [0, 0.05) is 6.42 Å². The Bertz CT molecular complexity index is 1020. The Balaban J connectivity index is 1.67. The maximum absolute atomic E-state index is 13.0. The highest BCUT2D eigenvalue weighted by atomic mass is 32.1. The third-order valence-corrected chi connectivity index (χ3v) is 4.67. The lowest BCUT2D eigenvalue weighted by Crippen LogP contribution is -1.87. The van der Waals surface area contributed by atoms with Crippen LogP contribution in [0.3, 0.4) is 0 Å². The number of aryl methyl sites for hydroxylation is 1. The number of imidazole rings is 1. The van der Waals surface area contributed by atoms with E-state index in [1.807, 2.05) is 13.0 Å². The molecule has 7 heteroatoms. The molecule has 2 heterocycles. The second kappa shape index (κ2) is 5.68. The number of halogens is 1. The average Bonchev–Trinajstić information content (AvgIpc) is 3.16. The van der Waals surface area contributed by atoms with Gasteiger partial charge in [0.2, 0.25) is 0 Å². The van der Waals surface area contributed by atoms with E-state index in [-0.39, 0.29) is 11.6 Å². The van der Waals surface area contributed by atoms with E-state index >= 15 is 0 Å². The van der Waals surface area contributed by atoms with Gasteiger partial charge in [-0.15, -0.1) is 10.2 Å². The highest BCUT2D eigenvalue weighted by Gasteiger charge is 2.15. The fourth-order valence-electron chi connectivity index (χ4n) is 2.57. The Kier molecular flexibility index (Phi) is 3.50. The Hall–Kier alpha value is -2.80. The first-order chi connectivity index (χ1) is 11.6. The van der Waals surface area contributed by atoms with Crippen molar-refractivity contribution in [3.05, 3.63) is 58.6 Å². The zero-order valence-electron chi connectivity index (χ0n) is 12.7. The fraction of sp³-hybridized carbons (Fsp3) is 0.118. The van der Waals surface area contributed by atoms with Gasteiger partial charge in [0.15, 0.2) is 10.8 Å². The van der Waals surface area contributed by atoms with E-state index < -0.39 is 0 Å². The summed E-state index contributed by atoms with van der Waals surface area (Å²) >= 11 is 1.40. The zero-order chi connectivity index (χ0) is 16.7. The van der Waals surface area contributed by atoms with Crippen LogP contribution in [0, 0.1) is 12.7 Å². The molecule has 5 nitrogen and oxygen atoms in total. The summed E-state index contributed by atoms with van der Waals surface area (Å²) in [6.07, 6.45) is 0.572. The third-order valence-electron chi connectivity index (χ3n) is 3.71. The maximum Gasteiger partial charge on any atom is 0.153 e. The van der Waals surface area contributed by atoms with E-state index in [4.69, 9.17) is 0 Å². The van der Waals surface area contributed by atoms with Crippen molar-refractivity contribution < 1.29 is 9.50 Å². The molecule has 0 saturated carbocycles. The van der Waals surface area contributed by atoms with Crippen molar-refractivity contribution in [2.75, 3.05) is 0 Å². The van der Waals surface area contributed by atoms with Crippen molar-refractivity contribution in [1.82, 2.24) is 20.2 Å². The van der Waals surface area contributed by atoms with E-state index in [9.17, 15) is 9.50 Å². The molecule has 0 amide bonds. The van der Waals surface area contributed by atoms with Crippen LogP contribution in [0.25, 0.3) is 21.6 Å². The molecule has 2 N–H and O–H groups in total. The van der Waals surface area contributed by atoms with Gasteiger partial charge in [0.25, 0.3) is 0 Å². The van der Waals surface area contributed by atoms with Crippen LogP contribution in [-0.2, 0) is 6.42 Å². The van der Waals surface area contributed by atoms with Gasteiger partial charge in [-0.3, -0.25) is 0 Å². The van der Waals surface area contributed by atoms with Crippen LogP contribution >= 0.6 is 11.3 Å². The number of rotatable bonds is 3. The smallest absolute Gasteiger partial charge is 0.153 e. The van der Waals surface area contributed by atoms with Gasteiger partial charge in [0.05, 0.1) is 11.1 Å². The first kappa shape index (κ1) is 14.8. The maximum atomic E-state index is 13.0. The minimum Gasteiger partial charge on any atom is -0.505 e. The lowest BCUT2D eigenvalue weighted by molar-refractivity contribution is 0.482. The van der Waals surface area contributed by atoms with Crippen LogP contribution in [0.15, 0.2) is 36.4 Å². The molecular formula is C17H13FN4OS. The molecule has 0 aliphatic carbocycles. The fourth-order valence-corrected chi connectivity index (χ4v) is 3.47. The van der Waals surface area contributed by atoms with Crippen LogP contribution in [0.1, 0.15) is 16.4 Å². The second-order valence-electron chi connectivity index (χ2n) is 5.48. The predicted octanol–water partition coefficient (Wildman–Crippen LogP) is 3.83. The molecule has 4 rings (SSSR count). The Labute approximate surface area is 140 Å². The Morgan fingerprint density at radius 1 is 1.12 bits per heavy atom. The number of hydrogen-bond donors (Lipinski definition) is 2. The molecule has 0 spiro atoms. The van der Waals surface area contributed by atoms with Gasteiger partial charge < -0.3 is 10.1 Å². The highest BCUT2D eigenvalue weighted by Crippen LogP contribution is 2.36. The number of H-pyrrole nitrogens is 1. The quantitative estimate of drug-likeness (QED) is 0.594. The molecular weight excluding hydrogens is 327 g/mol. The first-order valence-corrected chi connectivity index (χ1v) is 8.17. The number of phenols is 1. The Morgan fingerprint density at radius 2 is 1.92 bits per heavy atom. The molecule has 2 aromatic carbocycles. The van der Waals surface area contributed by atoms with Gasteiger partial charge in [-0.2, -0.15) is 0 Å². The molecule has 0 unspecified atom stereocenters. The van der Waals surface area contributed by atoms with E-state index in [1.54, 1.807) is 18.2 Å². The van der Waals surface area contributed by atoms with Crippen LogP contribution in [-0.4, -0.2) is 25.3 Å².